The zero-order chi connectivity index (χ0) is 10.3. The smallest absolute Gasteiger partial charge is 0.123 e. The average Bonchev–Trinajstić information content (AvgIpc) is 2.98. The molecule has 76 valence electrons. The molecule has 1 aliphatic carbocycles. The normalized spacial score (nSPS) is 15.5. The molecule has 1 aromatic heterocycles. The molecule has 2 aromatic rings. The molecule has 0 N–H and O–H groups in total. The number of nitrogens with zero attached hydrogens (tertiary/aromatic N) is 2. The van der Waals surface area contributed by atoms with Gasteiger partial charge in [-0.3, -0.25) is 0 Å². The Hall–Kier alpha value is -1.64. The van der Waals surface area contributed by atoms with Crippen LogP contribution in [0.3, 0.4) is 0 Å². The van der Waals surface area contributed by atoms with Crippen molar-refractivity contribution in [1.29, 1.82) is 0 Å². The van der Waals surface area contributed by atoms with Crippen LogP contribution < -0.4 is 0 Å². The molecular weight excluding hydrogens is 191 g/mol. The van der Waals surface area contributed by atoms with E-state index in [0.29, 0.717) is 6.04 Å². The maximum absolute atomic E-state index is 12.8. The van der Waals surface area contributed by atoms with Crippen molar-refractivity contribution >= 4 is 0 Å². The molecule has 1 heterocycles. The fourth-order valence-electron chi connectivity index (χ4n) is 1.79. The Balaban J connectivity index is 2.04. The molecule has 0 bridgehead atoms. The number of imidazole rings is 1. The molecule has 3 heteroatoms. The van der Waals surface area contributed by atoms with Gasteiger partial charge in [-0.25, -0.2) is 9.37 Å². The molecule has 15 heavy (non-hydrogen) atoms. The van der Waals surface area contributed by atoms with Gasteiger partial charge in [0.15, 0.2) is 0 Å². The van der Waals surface area contributed by atoms with E-state index in [2.05, 4.69) is 9.55 Å². The van der Waals surface area contributed by atoms with Gasteiger partial charge >= 0.3 is 0 Å². The minimum absolute atomic E-state index is 0.198. The Morgan fingerprint density at radius 3 is 2.60 bits per heavy atom. The van der Waals surface area contributed by atoms with Crippen molar-refractivity contribution in [2.75, 3.05) is 0 Å². The van der Waals surface area contributed by atoms with Crippen LogP contribution in [0.15, 0.2) is 36.8 Å². The van der Waals surface area contributed by atoms with Gasteiger partial charge in [-0.2, -0.15) is 0 Å². The first-order valence-electron chi connectivity index (χ1n) is 5.12. The van der Waals surface area contributed by atoms with Gasteiger partial charge in [-0.15, -0.1) is 0 Å². The van der Waals surface area contributed by atoms with E-state index in [1.54, 1.807) is 12.1 Å². The fraction of sp³-hybridized carbons (Fsp3) is 0.250. The molecule has 0 saturated heterocycles. The van der Waals surface area contributed by atoms with Crippen molar-refractivity contribution in [3.8, 4) is 11.3 Å². The van der Waals surface area contributed by atoms with Gasteiger partial charge in [0.25, 0.3) is 0 Å². The summed E-state index contributed by atoms with van der Waals surface area (Å²) in [5.41, 5.74) is 2.11. The van der Waals surface area contributed by atoms with Gasteiger partial charge in [0, 0.05) is 6.04 Å². The van der Waals surface area contributed by atoms with Crippen LogP contribution in [0, 0.1) is 5.82 Å². The first kappa shape index (κ1) is 8.65. The number of benzene rings is 1. The zero-order valence-corrected chi connectivity index (χ0v) is 8.23. The van der Waals surface area contributed by atoms with E-state index in [1.165, 1.54) is 25.0 Å². The molecule has 0 unspecified atom stereocenters. The van der Waals surface area contributed by atoms with Gasteiger partial charge in [-0.05, 0) is 42.7 Å². The lowest BCUT2D eigenvalue weighted by Crippen LogP contribution is -1.94. The summed E-state index contributed by atoms with van der Waals surface area (Å²) in [7, 11) is 0. The molecule has 0 spiro atoms. The summed E-state index contributed by atoms with van der Waals surface area (Å²) in [4.78, 5) is 4.15. The van der Waals surface area contributed by atoms with Crippen LogP contribution in [0.4, 0.5) is 4.39 Å². The molecule has 1 fully saturated rings. The summed E-state index contributed by atoms with van der Waals surface area (Å²) in [5.74, 6) is -0.198. The largest absolute Gasteiger partial charge is 0.328 e. The molecule has 0 atom stereocenters. The Labute approximate surface area is 87.4 Å². The predicted octanol–water partition coefficient (Wildman–Crippen LogP) is 3.02. The van der Waals surface area contributed by atoms with Crippen molar-refractivity contribution < 1.29 is 4.39 Å². The third kappa shape index (κ3) is 1.54. The predicted molar refractivity (Wildman–Crippen MR) is 55.9 cm³/mol. The minimum Gasteiger partial charge on any atom is -0.328 e. The van der Waals surface area contributed by atoms with E-state index in [9.17, 15) is 4.39 Å². The number of hydrogen-bond acceptors (Lipinski definition) is 1. The number of aromatic nitrogens is 2. The number of hydrogen-bond donors (Lipinski definition) is 0. The lowest BCUT2D eigenvalue weighted by atomic mass is 10.1. The summed E-state index contributed by atoms with van der Waals surface area (Å²) < 4.78 is 15.0. The van der Waals surface area contributed by atoms with E-state index in [-0.39, 0.29) is 5.82 Å². The summed E-state index contributed by atoms with van der Waals surface area (Å²) in [5, 5.41) is 0. The van der Waals surface area contributed by atoms with E-state index in [0.717, 1.165) is 11.3 Å². The summed E-state index contributed by atoms with van der Waals surface area (Å²) in [6.45, 7) is 0. The molecule has 1 aromatic carbocycles. The standard InChI is InChI=1S/C12H11FN2/c13-10-3-1-9(2-4-10)12-7-14-8-15(12)11-5-6-11/h1-4,7-8,11H,5-6H2. The third-order valence-electron chi connectivity index (χ3n) is 2.75. The molecule has 0 amide bonds. The lowest BCUT2D eigenvalue weighted by Gasteiger charge is -2.05. The lowest BCUT2D eigenvalue weighted by molar-refractivity contribution is 0.628. The minimum atomic E-state index is -0.198. The maximum atomic E-state index is 12.8. The fourth-order valence-corrected chi connectivity index (χ4v) is 1.79. The molecular formula is C12H11FN2. The second-order valence-corrected chi connectivity index (χ2v) is 3.92. The monoisotopic (exact) mass is 202 g/mol. The van der Waals surface area contributed by atoms with Gasteiger partial charge in [-0.1, -0.05) is 0 Å². The first-order valence-corrected chi connectivity index (χ1v) is 5.12. The molecule has 0 aliphatic heterocycles. The highest BCUT2D eigenvalue weighted by Gasteiger charge is 2.25. The maximum Gasteiger partial charge on any atom is 0.123 e. The Bertz CT molecular complexity index is 469. The average molecular weight is 202 g/mol. The SMILES string of the molecule is Fc1ccc(-c2cncn2C2CC2)cc1. The van der Waals surface area contributed by atoms with Crippen LogP contribution in [0.2, 0.25) is 0 Å². The van der Waals surface area contributed by atoms with Gasteiger partial charge in [0.2, 0.25) is 0 Å². The highest BCUT2D eigenvalue weighted by molar-refractivity contribution is 5.59. The van der Waals surface area contributed by atoms with Crippen LogP contribution >= 0.6 is 0 Å². The summed E-state index contributed by atoms with van der Waals surface area (Å²) in [6, 6.07) is 7.17. The van der Waals surface area contributed by atoms with Crippen molar-refractivity contribution in [2.45, 2.75) is 18.9 Å². The van der Waals surface area contributed by atoms with Crippen LogP contribution in [0.1, 0.15) is 18.9 Å². The highest BCUT2D eigenvalue weighted by atomic mass is 19.1. The zero-order valence-electron chi connectivity index (χ0n) is 8.23. The third-order valence-corrected chi connectivity index (χ3v) is 2.75. The molecule has 1 aliphatic rings. The Kier molecular flexibility index (Phi) is 1.84. The van der Waals surface area contributed by atoms with E-state index >= 15 is 0 Å². The Morgan fingerprint density at radius 2 is 1.93 bits per heavy atom. The second kappa shape index (κ2) is 3.19. The van der Waals surface area contributed by atoms with Gasteiger partial charge in [0.05, 0.1) is 18.2 Å². The summed E-state index contributed by atoms with van der Waals surface area (Å²) >= 11 is 0. The van der Waals surface area contributed by atoms with E-state index in [1.807, 2.05) is 12.5 Å². The summed E-state index contributed by atoms with van der Waals surface area (Å²) in [6.07, 6.45) is 6.15. The van der Waals surface area contributed by atoms with Crippen molar-refractivity contribution in [3.05, 3.63) is 42.6 Å². The van der Waals surface area contributed by atoms with Crippen LogP contribution in [-0.4, -0.2) is 9.55 Å². The van der Waals surface area contributed by atoms with E-state index in [4.69, 9.17) is 0 Å². The highest BCUT2D eigenvalue weighted by Crippen LogP contribution is 2.38. The van der Waals surface area contributed by atoms with Crippen molar-refractivity contribution in [1.82, 2.24) is 9.55 Å². The van der Waals surface area contributed by atoms with Crippen molar-refractivity contribution in [2.24, 2.45) is 0 Å². The topological polar surface area (TPSA) is 17.8 Å². The number of rotatable bonds is 2. The first-order chi connectivity index (χ1) is 7.34. The molecule has 1 saturated carbocycles. The van der Waals surface area contributed by atoms with E-state index < -0.39 is 0 Å². The molecule has 3 rings (SSSR count). The van der Waals surface area contributed by atoms with Gasteiger partial charge in [0.1, 0.15) is 5.82 Å². The van der Waals surface area contributed by atoms with Gasteiger partial charge < -0.3 is 4.57 Å². The molecule has 0 radical (unpaired) electrons. The van der Waals surface area contributed by atoms with Crippen LogP contribution in [-0.2, 0) is 0 Å². The van der Waals surface area contributed by atoms with Crippen molar-refractivity contribution in [3.63, 3.8) is 0 Å². The van der Waals surface area contributed by atoms with Crippen LogP contribution in [0.5, 0.6) is 0 Å². The van der Waals surface area contributed by atoms with Crippen LogP contribution in [0.25, 0.3) is 11.3 Å². The Morgan fingerprint density at radius 1 is 1.20 bits per heavy atom. The quantitative estimate of drug-likeness (QED) is 0.731. The molecule has 2 nitrogen and oxygen atoms in total. The second-order valence-electron chi connectivity index (χ2n) is 3.92. The number of halogens is 1.